The van der Waals surface area contributed by atoms with Crippen molar-refractivity contribution >= 4 is 23.5 Å². The van der Waals surface area contributed by atoms with Crippen LogP contribution in [-0.4, -0.2) is 42.6 Å². The van der Waals surface area contributed by atoms with E-state index in [0.717, 1.165) is 18.8 Å². The summed E-state index contributed by atoms with van der Waals surface area (Å²) in [7, 11) is 0. The zero-order chi connectivity index (χ0) is 20.5. The molecule has 0 atom stereocenters. The molecule has 0 aliphatic carbocycles. The highest BCUT2D eigenvalue weighted by Gasteiger charge is 2.12. The molecular formula is C20H23N3O5. The highest BCUT2D eigenvalue weighted by Crippen LogP contribution is 2.15. The Kier molecular flexibility index (Phi) is 7.38. The topological polar surface area (TPSA) is 108 Å². The molecule has 2 rings (SSSR count). The molecule has 2 aromatic carbocycles. The molecule has 0 fully saturated rings. The molecule has 0 unspecified atom stereocenters. The molecule has 0 aliphatic heterocycles. The highest BCUT2D eigenvalue weighted by atomic mass is 16.5. The van der Waals surface area contributed by atoms with Gasteiger partial charge in [-0.3, -0.25) is 20.4 Å². The van der Waals surface area contributed by atoms with Gasteiger partial charge < -0.3 is 14.7 Å². The Hall–Kier alpha value is -3.55. The van der Waals surface area contributed by atoms with Crippen LogP contribution >= 0.6 is 0 Å². The number of hydrogen-bond donors (Lipinski definition) is 3. The lowest BCUT2D eigenvalue weighted by Crippen LogP contribution is -2.43. The third-order valence-corrected chi connectivity index (χ3v) is 3.99. The van der Waals surface area contributed by atoms with Gasteiger partial charge in [0.2, 0.25) is 0 Å². The van der Waals surface area contributed by atoms with Gasteiger partial charge in [0.1, 0.15) is 5.75 Å². The molecule has 3 N–H and O–H groups in total. The first-order valence-electron chi connectivity index (χ1n) is 8.85. The van der Waals surface area contributed by atoms with Crippen molar-refractivity contribution in [3.63, 3.8) is 0 Å². The van der Waals surface area contributed by atoms with Gasteiger partial charge in [0.05, 0.1) is 5.56 Å². The minimum atomic E-state index is -0.760. The molecule has 148 valence electrons. The molecule has 2 amide bonds. The fourth-order valence-electron chi connectivity index (χ4n) is 2.49. The van der Waals surface area contributed by atoms with Crippen molar-refractivity contribution in [3.05, 3.63) is 59.7 Å². The van der Waals surface area contributed by atoms with Crippen LogP contribution in [0, 0.1) is 0 Å². The van der Waals surface area contributed by atoms with E-state index in [1.54, 1.807) is 12.1 Å². The number of carbonyl (C=O) groups excluding carboxylic acids is 3. The van der Waals surface area contributed by atoms with E-state index < -0.39 is 24.4 Å². The first-order chi connectivity index (χ1) is 13.4. The standard InChI is InChI=1S/C20H23N3O5/c1-3-23(4-2)16-10-8-14(9-11-16)19(26)22-21-18(25)13-28-20(27)15-6-5-7-17(24)12-15/h5-12,24H,3-4,13H2,1-2H3,(H,21,25)(H,22,26). The number of phenols is 1. The number of phenolic OH excluding ortho intramolecular Hbond substituents is 1. The van der Waals surface area contributed by atoms with Gasteiger partial charge in [0.15, 0.2) is 6.61 Å². The molecule has 2 aromatic rings. The van der Waals surface area contributed by atoms with E-state index in [2.05, 4.69) is 15.8 Å². The average molecular weight is 385 g/mol. The van der Waals surface area contributed by atoms with Crippen LogP contribution in [0.25, 0.3) is 0 Å². The molecule has 0 heterocycles. The first-order valence-corrected chi connectivity index (χ1v) is 8.85. The van der Waals surface area contributed by atoms with Crippen molar-refractivity contribution in [1.82, 2.24) is 10.9 Å². The number of aromatic hydroxyl groups is 1. The van der Waals surface area contributed by atoms with Gasteiger partial charge in [0.25, 0.3) is 11.8 Å². The average Bonchev–Trinajstić information content (AvgIpc) is 2.71. The molecule has 28 heavy (non-hydrogen) atoms. The van der Waals surface area contributed by atoms with E-state index >= 15 is 0 Å². The van der Waals surface area contributed by atoms with E-state index in [4.69, 9.17) is 4.74 Å². The second kappa shape index (κ2) is 9.96. The SMILES string of the molecule is CCN(CC)c1ccc(C(=O)NNC(=O)COC(=O)c2cccc(O)c2)cc1. The number of benzene rings is 2. The first kappa shape index (κ1) is 20.8. The van der Waals surface area contributed by atoms with Gasteiger partial charge in [-0.1, -0.05) is 6.07 Å². The monoisotopic (exact) mass is 385 g/mol. The molecule has 0 spiro atoms. The maximum absolute atomic E-state index is 12.1. The lowest BCUT2D eigenvalue weighted by atomic mass is 10.2. The van der Waals surface area contributed by atoms with Crippen LogP contribution in [0.3, 0.4) is 0 Å². The van der Waals surface area contributed by atoms with E-state index in [9.17, 15) is 19.5 Å². The van der Waals surface area contributed by atoms with Crippen LogP contribution < -0.4 is 15.8 Å². The van der Waals surface area contributed by atoms with Crippen molar-refractivity contribution in [2.75, 3.05) is 24.6 Å². The summed E-state index contributed by atoms with van der Waals surface area (Å²) < 4.78 is 4.83. The quantitative estimate of drug-likeness (QED) is 0.496. The number of ether oxygens (including phenoxy) is 1. The summed E-state index contributed by atoms with van der Waals surface area (Å²) in [5, 5.41) is 9.33. The van der Waals surface area contributed by atoms with Crippen molar-refractivity contribution in [3.8, 4) is 5.75 Å². The van der Waals surface area contributed by atoms with Gasteiger partial charge in [-0.25, -0.2) is 4.79 Å². The lowest BCUT2D eigenvalue weighted by molar-refractivity contribution is -0.125. The number of esters is 1. The van der Waals surface area contributed by atoms with Crippen LogP contribution in [0.2, 0.25) is 0 Å². The molecule has 8 nitrogen and oxygen atoms in total. The van der Waals surface area contributed by atoms with E-state index in [-0.39, 0.29) is 11.3 Å². The van der Waals surface area contributed by atoms with Gasteiger partial charge in [-0.05, 0) is 56.3 Å². The lowest BCUT2D eigenvalue weighted by Gasteiger charge is -2.21. The van der Waals surface area contributed by atoms with Gasteiger partial charge in [-0.2, -0.15) is 0 Å². The summed E-state index contributed by atoms with van der Waals surface area (Å²) in [6.45, 7) is 5.24. The zero-order valence-corrected chi connectivity index (χ0v) is 15.8. The molecule has 0 aromatic heterocycles. The van der Waals surface area contributed by atoms with Crippen LogP contribution in [0.15, 0.2) is 48.5 Å². The summed E-state index contributed by atoms with van der Waals surface area (Å²) in [6, 6.07) is 12.6. The Morgan fingerprint density at radius 2 is 1.64 bits per heavy atom. The largest absolute Gasteiger partial charge is 0.508 e. The van der Waals surface area contributed by atoms with Gasteiger partial charge >= 0.3 is 5.97 Å². The number of amides is 2. The second-order valence-electron chi connectivity index (χ2n) is 5.85. The maximum atomic E-state index is 12.1. The van der Waals surface area contributed by atoms with E-state index in [1.165, 1.54) is 24.3 Å². The predicted molar refractivity (Wildman–Crippen MR) is 104 cm³/mol. The smallest absolute Gasteiger partial charge is 0.338 e. The maximum Gasteiger partial charge on any atom is 0.338 e. The molecule has 8 heteroatoms. The Morgan fingerprint density at radius 3 is 2.25 bits per heavy atom. The van der Waals surface area contributed by atoms with Crippen molar-refractivity contribution in [2.45, 2.75) is 13.8 Å². The van der Waals surface area contributed by atoms with Gasteiger partial charge in [-0.15, -0.1) is 0 Å². The molecule has 0 aliphatic rings. The molecule has 0 saturated heterocycles. The Labute approximate surface area is 163 Å². The summed E-state index contributed by atoms with van der Waals surface area (Å²) >= 11 is 0. The zero-order valence-electron chi connectivity index (χ0n) is 15.8. The summed E-state index contributed by atoms with van der Waals surface area (Å²) in [4.78, 5) is 37.8. The number of nitrogens with zero attached hydrogens (tertiary/aromatic N) is 1. The number of hydrazine groups is 1. The van der Waals surface area contributed by atoms with Crippen LogP contribution in [-0.2, 0) is 9.53 Å². The summed E-state index contributed by atoms with van der Waals surface area (Å²) in [6.07, 6.45) is 0. The van der Waals surface area contributed by atoms with Crippen LogP contribution in [0.5, 0.6) is 5.75 Å². The van der Waals surface area contributed by atoms with E-state index in [1.807, 2.05) is 26.0 Å². The second-order valence-corrected chi connectivity index (χ2v) is 5.85. The number of anilines is 1. The fourth-order valence-corrected chi connectivity index (χ4v) is 2.49. The van der Waals surface area contributed by atoms with Gasteiger partial charge in [0, 0.05) is 24.3 Å². The minimum Gasteiger partial charge on any atom is -0.508 e. The van der Waals surface area contributed by atoms with E-state index in [0.29, 0.717) is 5.56 Å². The number of rotatable bonds is 7. The molecule has 0 bridgehead atoms. The highest BCUT2D eigenvalue weighted by molar-refractivity contribution is 5.96. The number of carbonyl (C=O) groups is 3. The van der Waals surface area contributed by atoms with Crippen molar-refractivity contribution in [1.29, 1.82) is 0 Å². The number of hydrogen-bond acceptors (Lipinski definition) is 6. The molecular weight excluding hydrogens is 362 g/mol. The third-order valence-electron chi connectivity index (χ3n) is 3.99. The summed E-state index contributed by atoms with van der Waals surface area (Å²) in [5.41, 5.74) is 5.95. The van der Waals surface area contributed by atoms with Crippen LogP contribution in [0.1, 0.15) is 34.6 Å². The Bertz CT molecular complexity index is 832. The molecule has 0 radical (unpaired) electrons. The predicted octanol–water partition coefficient (Wildman–Crippen LogP) is 1.86. The fraction of sp³-hybridized carbons (Fsp3) is 0.250. The third kappa shape index (κ3) is 5.73. The normalized spacial score (nSPS) is 10.1. The Balaban J connectivity index is 1.80. The number of nitrogens with one attached hydrogen (secondary N) is 2. The Morgan fingerprint density at radius 1 is 0.964 bits per heavy atom. The summed E-state index contributed by atoms with van der Waals surface area (Å²) in [5.74, 6) is -2.03. The minimum absolute atomic E-state index is 0.0850. The molecule has 0 saturated carbocycles. The van der Waals surface area contributed by atoms with Crippen molar-refractivity contribution < 1.29 is 24.2 Å². The van der Waals surface area contributed by atoms with Crippen molar-refractivity contribution in [2.24, 2.45) is 0 Å². The van der Waals surface area contributed by atoms with Crippen LogP contribution in [0.4, 0.5) is 5.69 Å².